The summed E-state index contributed by atoms with van der Waals surface area (Å²) in [6, 6.07) is 5.71. The number of ether oxygens (including phenoxy) is 1. The fourth-order valence-corrected chi connectivity index (χ4v) is 3.74. The van der Waals surface area contributed by atoms with E-state index in [2.05, 4.69) is 20.9 Å². The number of nitrogens with two attached hydrogens (primary N) is 1. The van der Waals surface area contributed by atoms with E-state index in [4.69, 9.17) is 10.5 Å². The third kappa shape index (κ3) is 2.96. The number of imidazole rings is 1. The molecule has 1 amide bonds. The molecule has 1 aromatic carbocycles. The fraction of sp³-hybridized carbons (Fsp3) is 0.353. The van der Waals surface area contributed by atoms with Crippen LogP contribution in [-0.4, -0.2) is 45.8 Å². The topological polar surface area (TPSA) is 90.5 Å². The number of aromatic nitrogens is 2. The molecule has 7 nitrogen and oxygen atoms in total. The van der Waals surface area contributed by atoms with Crippen LogP contribution in [0.4, 0.5) is 0 Å². The van der Waals surface area contributed by atoms with Gasteiger partial charge in [0.05, 0.1) is 24.3 Å². The standard InChI is InChI=1S/C17H17BrN4O3/c18-10-1-2-14-12(7-10)17-20-15(16(19)24)13(22(17)5-6-25-14)9-21-4-3-11(23)8-21/h1-2,7H,3-6,8-9H2,(H2,19,24). The Hall–Kier alpha value is -2.19. The first kappa shape index (κ1) is 16.3. The second-order valence-corrected chi connectivity index (χ2v) is 7.15. The van der Waals surface area contributed by atoms with Crippen LogP contribution in [0.25, 0.3) is 11.4 Å². The molecule has 0 saturated carbocycles. The Morgan fingerprint density at radius 1 is 1.36 bits per heavy atom. The molecule has 2 aliphatic heterocycles. The zero-order valence-electron chi connectivity index (χ0n) is 13.5. The molecular weight excluding hydrogens is 388 g/mol. The van der Waals surface area contributed by atoms with Crippen LogP contribution >= 0.6 is 15.9 Å². The molecule has 0 bridgehead atoms. The summed E-state index contributed by atoms with van der Waals surface area (Å²) in [6.07, 6.45) is 0.547. The summed E-state index contributed by atoms with van der Waals surface area (Å²) in [5.41, 5.74) is 7.40. The molecule has 2 N–H and O–H groups in total. The molecule has 0 aliphatic carbocycles. The maximum absolute atomic E-state index is 12.0. The number of carbonyl (C=O) groups is 2. The van der Waals surface area contributed by atoms with E-state index in [1.807, 2.05) is 27.7 Å². The fourth-order valence-electron chi connectivity index (χ4n) is 3.38. The molecule has 8 heteroatoms. The minimum Gasteiger partial charge on any atom is -0.491 e. The Morgan fingerprint density at radius 3 is 2.92 bits per heavy atom. The lowest BCUT2D eigenvalue weighted by molar-refractivity contribution is -0.116. The van der Waals surface area contributed by atoms with Crippen molar-refractivity contribution in [3.05, 3.63) is 34.1 Å². The van der Waals surface area contributed by atoms with Gasteiger partial charge >= 0.3 is 0 Å². The Morgan fingerprint density at radius 2 is 2.20 bits per heavy atom. The van der Waals surface area contributed by atoms with Gasteiger partial charge in [-0.3, -0.25) is 14.5 Å². The van der Waals surface area contributed by atoms with Crippen molar-refractivity contribution in [2.24, 2.45) is 5.73 Å². The number of carbonyl (C=O) groups excluding carboxylic acids is 2. The second-order valence-electron chi connectivity index (χ2n) is 6.23. The van der Waals surface area contributed by atoms with Crippen molar-refractivity contribution < 1.29 is 14.3 Å². The van der Waals surface area contributed by atoms with Crippen molar-refractivity contribution in [3.63, 3.8) is 0 Å². The third-order valence-electron chi connectivity index (χ3n) is 4.54. The number of halogens is 1. The van der Waals surface area contributed by atoms with E-state index in [1.165, 1.54) is 0 Å². The van der Waals surface area contributed by atoms with Gasteiger partial charge in [-0.2, -0.15) is 0 Å². The van der Waals surface area contributed by atoms with Gasteiger partial charge in [0.1, 0.15) is 24.0 Å². The van der Waals surface area contributed by atoms with Gasteiger partial charge in [-0.1, -0.05) is 15.9 Å². The summed E-state index contributed by atoms with van der Waals surface area (Å²) in [7, 11) is 0. The average Bonchev–Trinajstić information content (AvgIpc) is 3.08. The first-order valence-electron chi connectivity index (χ1n) is 8.09. The monoisotopic (exact) mass is 404 g/mol. The first-order chi connectivity index (χ1) is 12.0. The quantitative estimate of drug-likeness (QED) is 0.838. The average molecular weight is 405 g/mol. The summed E-state index contributed by atoms with van der Waals surface area (Å²) in [4.78, 5) is 30.1. The van der Waals surface area contributed by atoms with Crippen molar-refractivity contribution in [1.82, 2.24) is 14.5 Å². The van der Waals surface area contributed by atoms with Crippen molar-refractivity contribution >= 4 is 27.6 Å². The van der Waals surface area contributed by atoms with E-state index in [0.29, 0.717) is 45.0 Å². The van der Waals surface area contributed by atoms with Crippen molar-refractivity contribution in [1.29, 1.82) is 0 Å². The molecular formula is C17H17BrN4O3. The molecule has 0 radical (unpaired) electrons. The number of ketones is 1. The van der Waals surface area contributed by atoms with E-state index < -0.39 is 5.91 Å². The van der Waals surface area contributed by atoms with E-state index in [9.17, 15) is 9.59 Å². The number of rotatable bonds is 3. The van der Waals surface area contributed by atoms with E-state index in [1.54, 1.807) is 0 Å². The Labute approximate surface area is 152 Å². The van der Waals surface area contributed by atoms with Gasteiger partial charge in [0.25, 0.3) is 5.91 Å². The molecule has 4 rings (SSSR count). The molecule has 2 aliphatic rings. The van der Waals surface area contributed by atoms with Crippen LogP contribution in [0.5, 0.6) is 5.75 Å². The number of fused-ring (bicyclic) bond motifs is 3. The molecule has 25 heavy (non-hydrogen) atoms. The number of Topliss-reactive ketones (excluding diaryl/α,β-unsaturated/α-hetero) is 1. The van der Waals surface area contributed by atoms with Crippen LogP contribution < -0.4 is 10.5 Å². The highest BCUT2D eigenvalue weighted by molar-refractivity contribution is 9.10. The molecule has 1 saturated heterocycles. The predicted octanol–water partition coefficient (Wildman–Crippen LogP) is 1.58. The molecule has 0 spiro atoms. The molecule has 3 heterocycles. The minimum absolute atomic E-state index is 0.217. The lowest BCUT2D eigenvalue weighted by Gasteiger charge is -2.16. The van der Waals surface area contributed by atoms with Gasteiger partial charge in [0, 0.05) is 24.0 Å². The van der Waals surface area contributed by atoms with Gasteiger partial charge < -0.3 is 15.0 Å². The van der Waals surface area contributed by atoms with Gasteiger partial charge in [0.15, 0.2) is 5.69 Å². The number of primary amides is 1. The molecule has 1 fully saturated rings. The number of likely N-dealkylation sites (tertiary alicyclic amines) is 1. The van der Waals surface area contributed by atoms with E-state index in [-0.39, 0.29) is 11.5 Å². The molecule has 0 atom stereocenters. The number of benzene rings is 1. The van der Waals surface area contributed by atoms with Crippen molar-refractivity contribution in [2.75, 3.05) is 19.7 Å². The predicted molar refractivity (Wildman–Crippen MR) is 94.3 cm³/mol. The molecule has 1 aromatic heterocycles. The number of nitrogens with zero attached hydrogens (tertiary/aromatic N) is 3. The minimum atomic E-state index is -0.557. The van der Waals surface area contributed by atoms with Gasteiger partial charge in [-0.05, 0) is 18.2 Å². The maximum Gasteiger partial charge on any atom is 0.269 e. The normalized spacial score (nSPS) is 16.9. The summed E-state index contributed by atoms with van der Waals surface area (Å²) in [5, 5.41) is 0. The van der Waals surface area contributed by atoms with Gasteiger partial charge in [-0.25, -0.2) is 4.98 Å². The largest absolute Gasteiger partial charge is 0.491 e. The van der Waals surface area contributed by atoms with E-state index in [0.717, 1.165) is 21.5 Å². The molecule has 2 aromatic rings. The van der Waals surface area contributed by atoms with Gasteiger partial charge in [-0.15, -0.1) is 0 Å². The van der Waals surface area contributed by atoms with Crippen molar-refractivity contribution in [3.8, 4) is 17.1 Å². The zero-order chi connectivity index (χ0) is 17.6. The van der Waals surface area contributed by atoms with Crippen molar-refractivity contribution in [2.45, 2.75) is 19.5 Å². The van der Waals surface area contributed by atoms with Crippen LogP contribution in [0.1, 0.15) is 22.6 Å². The highest BCUT2D eigenvalue weighted by atomic mass is 79.9. The zero-order valence-corrected chi connectivity index (χ0v) is 15.1. The Bertz CT molecular complexity index is 877. The lowest BCUT2D eigenvalue weighted by Crippen LogP contribution is -2.25. The lowest BCUT2D eigenvalue weighted by atomic mass is 10.2. The summed E-state index contributed by atoms with van der Waals surface area (Å²) in [6.45, 7) is 2.61. The summed E-state index contributed by atoms with van der Waals surface area (Å²) < 4.78 is 8.71. The summed E-state index contributed by atoms with van der Waals surface area (Å²) in [5.74, 6) is 1.06. The number of hydrogen-bond acceptors (Lipinski definition) is 5. The SMILES string of the molecule is NC(=O)c1nc2n(c1CN1CCC(=O)C1)CCOc1ccc(Br)cc1-2. The summed E-state index contributed by atoms with van der Waals surface area (Å²) >= 11 is 3.47. The van der Waals surface area contributed by atoms with Crippen LogP contribution in [-0.2, 0) is 17.9 Å². The number of amides is 1. The highest BCUT2D eigenvalue weighted by Gasteiger charge is 2.28. The number of hydrogen-bond donors (Lipinski definition) is 1. The van der Waals surface area contributed by atoms with Gasteiger partial charge in [0.2, 0.25) is 0 Å². The van der Waals surface area contributed by atoms with Crippen LogP contribution in [0.3, 0.4) is 0 Å². The maximum atomic E-state index is 12.0. The van der Waals surface area contributed by atoms with Crippen LogP contribution in [0.2, 0.25) is 0 Å². The Balaban J connectivity index is 1.83. The third-order valence-corrected chi connectivity index (χ3v) is 5.03. The smallest absolute Gasteiger partial charge is 0.269 e. The Kier molecular flexibility index (Phi) is 4.09. The van der Waals surface area contributed by atoms with Crippen LogP contribution in [0.15, 0.2) is 22.7 Å². The molecule has 130 valence electrons. The van der Waals surface area contributed by atoms with E-state index >= 15 is 0 Å². The highest BCUT2D eigenvalue weighted by Crippen LogP contribution is 2.35. The molecule has 0 unspecified atom stereocenters. The van der Waals surface area contributed by atoms with Crippen LogP contribution in [0, 0.1) is 0 Å². The first-order valence-corrected chi connectivity index (χ1v) is 8.88. The second kappa shape index (κ2) is 6.27.